The molecule has 0 spiro atoms. The van der Waals surface area contributed by atoms with Crippen molar-refractivity contribution in [3.8, 4) is 0 Å². The minimum Gasteiger partial charge on any atom is -0.372 e. The smallest absolute Gasteiger partial charge is 0.0955 e. The van der Waals surface area contributed by atoms with E-state index in [0.717, 1.165) is 13.0 Å². The van der Waals surface area contributed by atoms with Gasteiger partial charge < -0.3 is 4.74 Å². The molecule has 0 aliphatic heterocycles. The number of halogens is 1. The Morgan fingerprint density at radius 3 is 2.94 bits per heavy atom. The van der Waals surface area contributed by atoms with Crippen molar-refractivity contribution >= 4 is 15.9 Å². The van der Waals surface area contributed by atoms with Crippen LogP contribution < -0.4 is 0 Å². The standard InChI is InChI=1S/C14H19BrO/c1-2-3-6-9-16-14-12-8-5-4-7-11(12)10-13(14)15/h4-5,7-8,13-14H,2-3,6,9-10H2,1H3/t13-,14-/m1/s1. The summed E-state index contributed by atoms with van der Waals surface area (Å²) in [5.74, 6) is 0. The zero-order valence-corrected chi connectivity index (χ0v) is 11.4. The van der Waals surface area contributed by atoms with Crippen LogP contribution in [-0.2, 0) is 11.2 Å². The molecular formula is C14H19BrO. The van der Waals surface area contributed by atoms with Gasteiger partial charge in [-0.05, 0) is 24.0 Å². The third-order valence-corrected chi connectivity index (χ3v) is 3.95. The fourth-order valence-electron chi connectivity index (χ4n) is 2.27. The molecular weight excluding hydrogens is 264 g/mol. The zero-order valence-electron chi connectivity index (χ0n) is 9.79. The Kier molecular flexibility index (Phi) is 4.42. The van der Waals surface area contributed by atoms with Crippen LogP contribution in [0.15, 0.2) is 24.3 Å². The minimum absolute atomic E-state index is 0.257. The molecule has 0 fully saturated rings. The first-order valence-corrected chi connectivity index (χ1v) is 7.08. The molecule has 2 atom stereocenters. The summed E-state index contributed by atoms with van der Waals surface area (Å²) in [7, 11) is 0. The normalized spacial score (nSPS) is 23.4. The molecule has 0 amide bonds. The highest BCUT2D eigenvalue weighted by atomic mass is 79.9. The van der Waals surface area contributed by atoms with Gasteiger partial charge in [0.15, 0.2) is 0 Å². The SMILES string of the molecule is CCCCCO[C@@H]1c2ccccc2C[C@H]1Br. The molecule has 0 bridgehead atoms. The van der Waals surface area contributed by atoms with Crippen LogP contribution in [0.3, 0.4) is 0 Å². The number of hydrogen-bond acceptors (Lipinski definition) is 1. The molecule has 0 saturated carbocycles. The molecule has 0 aromatic heterocycles. The molecule has 0 heterocycles. The van der Waals surface area contributed by atoms with Gasteiger partial charge in [-0.3, -0.25) is 0 Å². The molecule has 1 nitrogen and oxygen atoms in total. The molecule has 0 N–H and O–H groups in total. The van der Waals surface area contributed by atoms with Crippen molar-refractivity contribution in [3.05, 3.63) is 35.4 Å². The first kappa shape index (κ1) is 12.1. The number of ether oxygens (including phenoxy) is 1. The molecule has 2 heteroatoms. The van der Waals surface area contributed by atoms with Crippen LogP contribution in [0.25, 0.3) is 0 Å². The summed E-state index contributed by atoms with van der Waals surface area (Å²) in [6.45, 7) is 3.10. The van der Waals surface area contributed by atoms with Crippen molar-refractivity contribution < 1.29 is 4.74 Å². The maximum absolute atomic E-state index is 6.00. The molecule has 1 aromatic rings. The van der Waals surface area contributed by atoms with Crippen molar-refractivity contribution in [1.82, 2.24) is 0 Å². The lowest BCUT2D eigenvalue weighted by molar-refractivity contribution is 0.0563. The van der Waals surface area contributed by atoms with Gasteiger partial charge >= 0.3 is 0 Å². The summed E-state index contributed by atoms with van der Waals surface area (Å²) in [6, 6.07) is 8.62. The van der Waals surface area contributed by atoms with E-state index >= 15 is 0 Å². The van der Waals surface area contributed by atoms with E-state index in [1.165, 1.54) is 30.4 Å². The van der Waals surface area contributed by atoms with Gasteiger partial charge in [-0.1, -0.05) is 60.0 Å². The fourth-order valence-corrected chi connectivity index (χ4v) is 3.05. The van der Waals surface area contributed by atoms with E-state index < -0.39 is 0 Å². The quantitative estimate of drug-likeness (QED) is 0.579. The van der Waals surface area contributed by atoms with E-state index in [1.54, 1.807) is 0 Å². The van der Waals surface area contributed by atoms with Gasteiger partial charge in [0, 0.05) is 11.4 Å². The monoisotopic (exact) mass is 282 g/mol. The highest BCUT2D eigenvalue weighted by Gasteiger charge is 2.30. The Hall–Kier alpha value is -0.340. The zero-order chi connectivity index (χ0) is 11.4. The highest BCUT2D eigenvalue weighted by Crippen LogP contribution is 2.38. The predicted octanol–water partition coefficient (Wildman–Crippen LogP) is 4.25. The van der Waals surface area contributed by atoms with E-state index in [-0.39, 0.29) is 6.10 Å². The van der Waals surface area contributed by atoms with Crippen LogP contribution in [0.1, 0.15) is 43.4 Å². The third-order valence-electron chi connectivity index (χ3n) is 3.15. The second-order valence-electron chi connectivity index (χ2n) is 4.42. The second-order valence-corrected chi connectivity index (χ2v) is 5.59. The van der Waals surface area contributed by atoms with E-state index in [2.05, 4.69) is 47.1 Å². The van der Waals surface area contributed by atoms with Crippen LogP contribution in [0.2, 0.25) is 0 Å². The average molecular weight is 283 g/mol. The first-order chi connectivity index (χ1) is 7.83. The topological polar surface area (TPSA) is 9.23 Å². The number of unbranched alkanes of at least 4 members (excludes halogenated alkanes) is 2. The number of benzene rings is 1. The maximum Gasteiger partial charge on any atom is 0.0955 e. The fraction of sp³-hybridized carbons (Fsp3) is 0.571. The molecule has 88 valence electrons. The third kappa shape index (κ3) is 2.67. The first-order valence-electron chi connectivity index (χ1n) is 6.16. The van der Waals surface area contributed by atoms with Gasteiger partial charge in [-0.15, -0.1) is 0 Å². The Labute approximate surface area is 106 Å². The van der Waals surface area contributed by atoms with E-state index in [9.17, 15) is 0 Å². The molecule has 1 aromatic carbocycles. The summed E-state index contributed by atoms with van der Waals surface area (Å²) in [6.07, 6.45) is 5.04. The number of alkyl halides is 1. The summed E-state index contributed by atoms with van der Waals surface area (Å²) in [4.78, 5) is 0.450. The van der Waals surface area contributed by atoms with Crippen LogP contribution >= 0.6 is 15.9 Å². The van der Waals surface area contributed by atoms with Crippen molar-refractivity contribution in [2.45, 2.75) is 43.5 Å². The molecule has 1 aliphatic rings. The number of rotatable bonds is 5. The summed E-state index contributed by atoms with van der Waals surface area (Å²) >= 11 is 3.73. The van der Waals surface area contributed by atoms with E-state index in [0.29, 0.717) is 4.83 Å². The summed E-state index contributed by atoms with van der Waals surface area (Å²) < 4.78 is 6.00. The van der Waals surface area contributed by atoms with Crippen LogP contribution in [0.4, 0.5) is 0 Å². The van der Waals surface area contributed by atoms with Crippen molar-refractivity contribution in [2.75, 3.05) is 6.61 Å². The van der Waals surface area contributed by atoms with Crippen molar-refractivity contribution in [2.24, 2.45) is 0 Å². The number of hydrogen-bond donors (Lipinski definition) is 0. The molecule has 0 saturated heterocycles. The Balaban J connectivity index is 1.94. The average Bonchev–Trinajstić information content (AvgIpc) is 2.61. The van der Waals surface area contributed by atoms with Gasteiger partial charge in [0.2, 0.25) is 0 Å². The van der Waals surface area contributed by atoms with Crippen molar-refractivity contribution in [1.29, 1.82) is 0 Å². The van der Waals surface area contributed by atoms with Gasteiger partial charge in [-0.25, -0.2) is 0 Å². The lowest BCUT2D eigenvalue weighted by atomic mass is 10.1. The van der Waals surface area contributed by atoms with Crippen LogP contribution in [0.5, 0.6) is 0 Å². The van der Waals surface area contributed by atoms with E-state index in [1.807, 2.05) is 0 Å². The molecule has 2 rings (SSSR count). The molecule has 0 unspecified atom stereocenters. The largest absolute Gasteiger partial charge is 0.372 e. The molecule has 0 radical (unpaired) electrons. The number of fused-ring (bicyclic) bond motifs is 1. The summed E-state index contributed by atoms with van der Waals surface area (Å²) in [5, 5.41) is 0. The Morgan fingerprint density at radius 1 is 1.31 bits per heavy atom. The second kappa shape index (κ2) is 5.83. The van der Waals surface area contributed by atoms with Gasteiger partial charge in [0.25, 0.3) is 0 Å². The predicted molar refractivity (Wildman–Crippen MR) is 71.1 cm³/mol. The Bertz CT molecular complexity index is 337. The summed E-state index contributed by atoms with van der Waals surface area (Å²) in [5.41, 5.74) is 2.81. The highest BCUT2D eigenvalue weighted by molar-refractivity contribution is 9.09. The van der Waals surface area contributed by atoms with E-state index in [4.69, 9.17) is 4.74 Å². The van der Waals surface area contributed by atoms with Gasteiger partial charge in [0.05, 0.1) is 6.10 Å². The van der Waals surface area contributed by atoms with Crippen LogP contribution in [0, 0.1) is 0 Å². The molecule has 1 aliphatic carbocycles. The van der Waals surface area contributed by atoms with Crippen LogP contribution in [-0.4, -0.2) is 11.4 Å². The van der Waals surface area contributed by atoms with Gasteiger partial charge in [0.1, 0.15) is 0 Å². The lowest BCUT2D eigenvalue weighted by Crippen LogP contribution is -2.11. The van der Waals surface area contributed by atoms with Gasteiger partial charge in [-0.2, -0.15) is 0 Å². The van der Waals surface area contributed by atoms with Crippen molar-refractivity contribution in [3.63, 3.8) is 0 Å². The lowest BCUT2D eigenvalue weighted by Gasteiger charge is -2.16. The maximum atomic E-state index is 6.00. The molecule has 16 heavy (non-hydrogen) atoms. The Morgan fingerprint density at radius 2 is 2.12 bits per heavy atom. The minimum atomic E-state index is 0.257.